The van der Waals surface area contributed by atoms with Crippen LogP contribution in [0.3, 0.4) is 0 Å². The molecule has 2 aromatic rings. The zero-order valence-corrected chi connectivity index (χ0v) is 10.6. The van der Waals surface area contributed by atoms with Gasteiger partial charge in [-0.25, -0.2) is 20.1 Å². The van der Waals surface area contributed by atoms with E-state index in [0.29, 0.717) is 11.2 Å². The summed E-state index contributed by atoms with van der Waals surface area (Å²) in [5, 5.41) is 28.0. The van der Waals surface area contributed by atoms with Gasteiger partial charge in [0.2, 0.25) is 12.0 Å². The van der Waals surface area contributed by atoms with E-state index in [1.54, 1.807) is 0 Å². The van der Waals surface area contributed by atoms with Crippen LogP contribution in [-0.4, -0.2) is 66.2 Å². The molecule has 0 unspecified atom stereocenters. The number of aromatic nitrogens is 4. The number of ether oxygens (including phenoxy) is 2. The summed E-state index contributed by atoms with van der Waals surface area (Å²) in [4.78, 5) is 18.6. The van der Waals surface area contributed by atoms with Crippen LogP contribution in [0.25, 0.3) is 11.2 Å². The summed E-state index contributed by atoms with van der Waals surface area (Å²) in [5.41, 5.74) is 4.37. The van der Waals surface area contributed by atoms with Crippen molar-refractivity contribution in [2.75, 3.05) is 6.61 Å². The fourth-order valence-electron chi connectivity index (χ4n) is 2.08. The molecule has 114 valence electrons. The second-order valence-corrected chi connectivity index (χ2v) is 4.51. The first-order valence-corrected chi connectivity index (χ1v) is 5.97. The van der Waals surface area contributed by atoms with E-state index < -0.39 is 30.8 Å². The number of H-pyrrole nitrogens is 1. The molecule has 6 N–H and O–H groups in total. The van der Waals surface area contributed by atoms with Gasteiger partial charge in [0.1, 0.15) is 11.6 Å². The molecule has 1 aliphatic rings. The summed E-state index contributed by atoms with van der Waals surface area (Å²) in [6.07, 6.45) is -0.988. The third-order valence-electron chi connectivity index (χ3n) is 3.13. The molecule has 0 aliphatic carbocycles. The summed E-state index contributed by atoms with van der Waals surface area (Å²) in [7, 11) is 0. The molecule has 1 aliphatic heterocycles. The van der Waals surface area contributed by atoms with Gasteiger partial charge in [-0.2, -0.15) is 4.98 Å². The molecule has 21 heavy (non-hydrogen) atoms. The lowest BCUT2D eigenvalue weighted by molar-refractivity contribution is -0.370. The molecule has 3 rings (SSSR count). The van der Waals surface area contributed by atoms with Crippen molar-refractivity contribution >= 4 is 11.2 Å². The van der Waals surface area contributed by atoms with Crippen LogP contribution >= 0.6 is 0 Å². The largest absolute Gasteiger partial charge is 0.452 e. The SMILES string of the molecule is N[C@@]1(O)[C@H](OO)O[C@H](CO)[C@H]1Oc1ncc2[nH]cnc2n1. The number of nitrogens with zero attached hydrogens (tertiary/aromatic N) is 3. The average Bonchev–Trinajstić information content (AvgIpc) is 3.02. The molecule has 1 saturated heterocycles. The lowest BCUT2D eigenvalue weighted by atomic mass is 10.1. The lowest BCUT2D eigenvalue weighted by Gasteiger charge is -2.27. The van der Waals surface area contributed by atoms with Gasteiger partial charge in [0.25, 0.3) is 0 Å². The van der Waals surface area contributed by atoms with E-state index in [1.165, 1.54) is 12.5 Å². The first-order chi connectivity index (χ1) is 10.1. The van der Waals surface area contributed by atoms with Gasteiger partial charge >= 0.3 is 6.01 Å². The highest BCUT2D eigenvalue weighted by Gasteiger charge is 2.57. The summed E-state index contributed by atoms with van der Waals surface area (Å²) >= 11 is 0. The molecule has 0 aromatic carbocycles. The van der Waals surface area contributed by atoms with E-state index in [-0.39, 0.29) is 6.01 Å². The van der Waals surface area contributed by atoms with E-state index in [0.717, 1.165) is 0 Å². The van der Waals surface area contributed by atoms with Gasteiger partial charge in [0.15, 0.2) is 11.8 Å². The zero-order valence-electron chi connectivity index (χ0n) is 10.6. The topological polar surface area (TPSA) is 169 Å². The van der Waals surface area contributed by atoms with Crippen molar-refractivity contribution in [1.29, 1.82) is 0 Å². The number of hydrogen-bond donors (Lipinski definition) is 5. The Hall–Kier alpha value is -1.89. The second kappa shape index (κ2) is 5.14. The van der Waals surface area contributed by atoms with Crippen LogP contribution < -0.4 is 10.5 Å². The van der Waals surface area contributed by atoms with Crippen LogP contribution in [0.4, 0.5) is 0 Å². The number of aliphatic hydroxyl groups excluding tert-OH is 1. The van der Waals surface area contributed by atoms with E-state index in [9.17, 15) is 10.2 Å². The first-order valence-electron chi connectivity index (χ1n) is 5.97. The van der Waals surface area contributed by atoms with Crippen LogP contribution in [0.5, 0.6) is 6.01 Å². The van der Waals surface area contributed by atoms with Gasteiger partial charge in [-0.1, -0.05) is 0 Å². The summed E-state index contributed by atoms with van der Waals surface area (Å²) in [6.45, 7) is -0.519. The Kier molecular flexibility index (Phi) is 3.44. The van der Waals surface area contributed by atoms with Crippen molar-refractivity contribution in [2.24, 2.45) is 5.73 Å². The molecular weight excluding hydrogens is 286 g/mol. The molecule has 0 bridgehead atoms. The minimum absolute atomic E-state index is 0.121. The van der Waals surface area contributed by atoms with E-state index >= 15 is 0 Å². The molecule has 4 atom stereocenters. The Labute approximate surface area is 117 Å². The van der Waals surface area contributed by atoms with Crippen LogP contribution in [0.1, 0.15) is 0 Å². The number of fused-ring (bicyclic) bond motifs is 1. The predicted octanol–water partition coefficient (Wildman–Crippen LogP) is -2.05. The molecule has 2 aromatic heterocycles. The molecule has 0 amide bonds. The predicted molar refractivity (Wildman–Crippen MR) is 64.7 cm³/mol. The van der Waals surface area contributed by atoms with Gasteiger partial charge in [-0.3, -0.25) is 5.73 Å². The van der Waals surface area contributed by atoms with Gasteiger partial charge in [0.05, 0.1) is 19.1 Å². The van der Waals surface area contributed by atoms with Crippen molar-refractivity contribution in [3.8, 4) is 6.01 Å². The standard InChI is InChI=1S/C10H13N5O6/c11-10(17)6(5(2-16)19-8(10)21-18)20-9-12-1-4-7(15-9)14-3-13-4/h1,3,5-6,8,16-18H,2,11H2,(H,12,13,14,15)/t5-,6-,8+,10+/m1/s1. The molecule has 11 heteroatoms. The number of nitrogens with two attached hydrogens (primary N) is 1. The monoisotopic (exact) mass is 299 g/mol. The van der Waals surface area contributed by atoms with Crippen LogP contribution in [0.15, 0.2) is 12.5 Å². The maximum absolute atomic E-state index is 10.1. The molecule has 3 heterocycles. The fourth-order valence-corrected chi connectivity index (χ4v) is 2.08. The van der Waals surface area contributed by atoms with Crippen molar-refractivity contribution < 1.29 is 29.8 Å². The quantitative estimate of drug-likeness (QED) is 0.241. The zero-order chi connectivity index (χ0) is 15.0. The average molecular weight is 299 g/mol. The second-order valence-electron chi connectivity index (χ2n) is 4.51. The van der Waals surface area contributed by atoms with Crippen LogP contribution in [0, 0.1) is 0 Å². The van der Waals surface area contributed by atoms with E-state index in [2.05, 4.69) is 24.8 Å². The van der Waals surface area contributed by atoms with E-state index in [4.69, 9.17) is 20.5 Å². The Morgan fingerprint density at radius 1 is 1.48 bits per heavy atom. The molecule has 1 fully saturated rings. The minimum atomic E-state index is -2.20. The maximum atomic E-state index is 10.1. The third kappa shape index (κ3) is 2.31. The summed E-state index contributed by atoms with van der Waals surface area (Å²) < 4.78 is 10.4. The Morgan fingerprint density at radius 2 is 2.29 bits per heavy atom. The first kappa shape index (κ1) is 14.1. The van der Waals surface area contributed by atoms with Gasteiger partial charge < -0.3 is 24.7 Å². The van der Waals surface area contributed by atoms with E-state index in [1.807, 2.05) is 0 Å². The third-order valence-corrected chi connectivity index (χ3v) is 3.13. The summed E-state index contributed by atoms with van der Waals surface area (Å²) in [5.74, 6) is 0. The fraction of sp³-hybridized carbons (Fsp3) is 0.500. The maximum Gasteiger partial charge on any atom is 0.319 e. The highest BCUT2D eigenvalue weighted by Crippen LogP contribution is 2.30. The summed E-state index contributed by atoms with van der Waals surface area (Å²) in [6, 6.07) is -0.121. The van der Waals surface area contributed by atoms with Crippen LogP contribution in [0.2, 0.25) is 0 Å². The van der Waals surface area contributed by atoms with Crippen molar-refractivity contribution in [2.45, 2.75) is 24.2 Å². The molecule has 0 radical (unpaired) electrons. The highest BCUT2D eigenvalue weighted by atomic mass is 17.1. The highest BCUT2D eigenvalue weighted by molar-refractivity contribution is 5.68. The number of aliphatic hydroxyl groups is 2. The number of imidazole rings is 1. The smallest absolute Gasteiger partial charge is 0.319 e. The lowest BCUT2D eigenvalue weighted by Crippen LogP contribution is -2.59. The number of rotatable bonds is 4. The normalized spacial score (nSPS) is 32.7. The minimum Gasteiger partial charge on any atom is -0.452 e. The molecule has 0 saturated carbocycles. The number of aromatic amines is 1. The molecule has 0 spiro atoms. The molecular formula is C10H13N5O6. The van der Waals surface area contributed by atoms with Crippen LogP contribution in [-0.2, 0) is 9.62 Å². The number of hydrogen-bond acceptors (Lipinski definition) is 10. The van der Waals surface area contributed by atoms with Crippen molar-refractivity contribution in [3.63, 3.8) is 0 Å². The van der Waals surface area contributed by atoms with Gasteiger partial charge in [-0.05, 0) is 0 Å². The number of nitrogens with one attached hydrogen (secondary N) is 1. The van der Waals surface area contributed by atoms with Crippen molar-refractivity contribution in [3.05, 3.63) is 12.5 Å². The van der Waals surface area contributed by atoms with Gasteiger partial charge in [-0.15, -0.1) is 0 Å². The Balaban J connectivity index is 1.87. The van der Waals surface area contributed by atoms with Crippen molar-refractivity contribution in [1.82, 2.24) is 19.9 Å². The Bertz CT molecular complexity index is 633. The Morgan fingerprint density at radius 3 is 3.00 bits per heavy atom. The molecule has 11 nitrogen and oxygen atoms in total. The van der Waals surface area contributed by atoms with Gasteiger partial charge in [0, 0.05) is 0 Å².